The van der Waals surface area contributed by atoms with Gasteiger partial charge in [-0.25, -0.2) is 4.79 Å². The number of amides is 1. The van der Waals surface area contributed by atoms with Crippen molar-refractivity contribution in [2.75, 3.05) is 0 Å². The fraction of sp³-hybridized carbons (Fsp3) is 0. The number of nitro benzene ring substituents is 1. The molecule has 0 bridgehead atoms. The van der Waals surface area contributed by atoms with E-state index in [1.54, 1.807) is 0 Å². The van der Waals surface area contributed by atoms with Crippen molar-refractivity contribution in [1.82, 2.24) is 4.98 Å². The van der Waals surface area contributed by atoms with Crippen LogP contribution in [0.15, 0.2) is 24.4 Å². The van der Waals surface area contributed by atoms with Crippen LogP contribution in [0.5, 0.6) is 0 Å². The molecule has 0 saturated heterocycles. The Bertz CT molecular complexity index is 737. The summed E-state index contributed by atoms with van der Waals surface area (Å²) < 4.78 is 13.6. The molecule has 0 radical (unpaired) electrons. The molecule has 0 aliphatic carbocycles. The summed E-state index contributed by atoms with van der Waals surface area (Å²) in [6, 6.07) is 2.80. The largest absolute Gasteiger partial charge is 0.478 e. The minimum absolute atomic E-state index is 0.00875. The number of nitrogens with zero attached hydrogens (tertiary/aromatic N) is 1. The van der Waals surface area contributed by atoms with Gasteiger partial charge in [-0.2, -0.15) is 4.39 Å². The highest BCUT2D eigenvalue weighted by atomic mass is 19.1. The first-order valence-electron chi connectivity index (χ1n) is 5.51. The van der Waals surface area contributed by atoms with Crippen molar-refractivity contribution in [2.45, 2.75) is 0 Å². The molecule has 1 aromatic carbocycles. The smallest absolute Gasteiger partial charge is 0.337 e. The predicted molar refractivity (Wildman–Crippen MR) is 68.3 cm³/mol. The Labute approximate surface area is 116 Å². The normalized spacial score (nSPS) is 10.3. The first-order valence-corrected chi connectivity index (χ1v) is 5.51. The second-order valence-electron chi connectivity index (χ2n) is 4.05. The Morgan fingerprint density at radius 2 is 2.05 bits per heavy atom. The lowest BCUT2D eigenvalue weighted by atomic mass is 10.0. The number of aromatic amines is 1. The van der Waals surface area contributed by atoms with Crippen LogP contribution in [0, 0.1) is 15.9 Å². The molecule has 0 unspecified atom stereocenters. The number of carbonyl (C=O) groups excluding carboxylic acids is 1. The molecule has 2 aromatic rings. The van der Waals surface area contributed by atoms with Gasteiger partial charge in [0.2, 0.25) is 5.82 Å². The van der Waals surface area contributed by atoms with Crippen LogP contribution in [-0.2, 0) is 0 Å². The van der Waals surface area contributed by atoms with Crippen molar-refractivity contribution < 1.29 is 24.0 Å². The van der Waals surface area contributed by atoms with Crippen LogP contribution in [0.4, 0.5) is 10.1 Å². The number of hydrogen-bond acceptors (Lipinski definition) is 4. The van der Waals surface area contributed by atoms with Gasteiger partial charge in [0.05, 0.1) is 10.5 Å². The molecular weight excluding hydrogens is 285 g/mol. The highest BCUT2D eigenvalue weighted by Crippen LogP contribution is 2.30. The van der Waals surface area contributed by atoms with Gasteiger partial charge >= 0.3 is 11.7 Å². The molecule has 1 aromatic heterocycles. The topological polar surface area (TPSA) is 139 Å². The molecule has 0 aliphatic heterocycles. The Hall–Kier alpha value is -3.23. The number of carboxylic acids is 1. The molecule has 0 fully saturated rings. The molecule has 9 heteroatoms. The number of carbonyl (C=O) groups is 2. The number of carboxylic acid groups (broad SMARTS) is 1. The number of benzene rings is 1. The molecule has 8 nitrogen and oxygen atoms in total. The molecule has 2 rings (SSSR count). The van der Waals surface area contributed by atoms with Gasteiger partial charge in [0.15, 0.2) is 0 Å². The van der Waals surface area contributed by atoms with Crippen LogP contribution in [0.25, 0.3) is 11.1 Å². The number of nitrogens with one attached hydrogen (secondary N) is 1. The van der Waals surface area contributed by atoms with E-state index in [1.807, 2.05) is 0 Å². The summed E-state index contributed by atoms with van der Waals surface area (Å²) in [5.74, 6) is -3.44. The summed E-state index contributed by atoms with van der Waals surface area (Å²) in [5, 5.41) is 19.6. The molecule has 1 amide bonds. The Morgan fingerprint density at radius 1 is 1.38 bits per heavy atom. The Balaban J connectivity index is 2.68. The number of nitro groups is 1. The van der Waals surface area contributed by atoms with E-state index in [0.717, 1.165) is 24.4 Å². The summed E-state index contributed by atoms with van der Waals surface area (Å²) in [7, 11) is 0. The molecule has 1 heterocycles. The second kappa shape index (κ2) is 5.04. The van der Waals surface area contributed by atoms with E-state index in [0.29, 0.717) is 0 Å². The second-order valence-corrected chi connectivity index (χ2v) is 4.05. The minimum Gasteiger partial charge on any atom is -0.478 e. The van der Waals surface area contributed by atoms with E-state index in [1.165, 1.54) is 0 Å². The Kier molecular flexibility index (Phi) is 3.40. The van der Waals surface area contributed by atoms with Crippen LogP contribution in [-0.4, -0.2) is 26.9 Å². The van der Waals surface area contributed by atoms with Gasteiger partial charge in [-0.05, 0) is 17.7 Å². The molecule has 0 aliphatic rings. The quantitative estimate of drug-likeness (QED) is 0.579. The molecular formula is C12H8FN3O5. The summed E-state index contributed by atoms with van der Waals surface area (Å²) in [6.45, 7) is 0. The van der Waals surface area contributed by atoms with Crippen LogP contribution >= 0.6 is 0 Å². The number of primary amides is 1. The van der Waals surface area contributed by atoms with Crippen molar-refractivity contribution in [2.24, 2.45) is 5.73 Å². The number of aromatic nitrogens is 1. The standard InChI is InChI=1S/C12H8FN3O5/c13-7-3-5(1-2-8(7)16(20)21)9-6(12(18)19)4-15-10(9)11(14)17/h1-4,15H,(H2,14,17)(H,18,19). The maximum Gasteiger partial charge on any atom is 0.337 e. The van der Waals surface area contributed by atoms with E-state index < -0.39 is 28.3 Å². The zero-order valence-electron chi connectivity index (χ0n) is 10.3. The number of aromatic carboxylic acids is 1. The highest BCUT2D eigenvalue weighted by molar-refractivity contribution is 6.06. The van der Waals surface area contributed by atoms with Crippen molar-refractivity contribution >= 4 is 17.6 Å². The van der Waals surface area contributed by atoms with E-state index in [9.17, 15) is 24.1 Å². The first kappa shape index (κ1) is 14.2. The van der Waals surface area contributed by atoms with Gasteiger partial charge in [-0.1, -0.05) is 0 Å². The number of nitrogens with two attached hydrogens (primary N) is 1. The Morgan fingerprint density at radius 3 is 2.52 bits per heavy atom. The van der Waals surface area contributed by atoms with Crippen molar-refractivity contribution in [3.63, 3.8) is 0 Å². The summed E-state index contributed by atoms with van der Waals surface area (Å²) in [5.41, 5.74) is 3.71. The lowest BCUT2D eigenvalue weighted by Crippen LogP contribution is -2.13. The van der Waals surface area contributed by atoms with Crippen LogP contribution in [0.2, 0.25) is 0 Å². The van der Waals surface area contributed by atoms with Gasteiger partial charge < -0.3 is 15.8 Å². The molecule has 21 heavy (non-hydrogen) atoms. The third-order valence-corrected chi connectivity index (χ3v) is 2.79. The number of rotatable bonds is 4. The average Bonchev–Trinajstić information content (AvgIpc) is 2.82. The zero-order chi connectivity index (χ0) is 15.7. The molecule has 0 spiro atoms. The minimum atomic E-state index is -1.35. The van der Waals surface area contributed by atoms with Gasteiger partial charge in [-0.15, -0.1) is 0 Å². The van der Waals surface area contributed by atoms with E-state index >= 15 is 0 Å². The van der Waals surface area contributed by atoms with Gasteiger partial charge in [-0.3, -0.25) is 14.9 Å². The van der Waals surface area contributed by atoms with Gasteiger partial charge in [0.1, 0.15) is 5.69 Å². The van der Waals surface area contributed by atoms with Crippen LogP contribution in [0.3, 0.4) is 0 Å². The number of halogens is 1. The lowest BCUT2D eigenvalue weighted by molar-refractivity contribution is -0.387. The van der Waals surface area contributed by atoms with E-state index in [2.05, 4.69) is 4.98 Å². The van der Waals surface area contributed by atoms with Crippen molar-refractivity contribution in [3.05, 3.63) is 51.6 Å². The zero-order valence-corrected chi connectivity index (χ0v) is 10.3. The van der Waals surface area contributed by atoms with Crippen LogP contribution in [0.1, 0.15) is 20.8 Å². The lowest BCUT2D eigenvalue weighted by Gasteiger charge is -2.04. The van der Waals surface area contributed by atoms with Crippen molar-refractivity contribution in [1.29, 1.82) is 0 Å². The number of hydrogen-bond donors (Lipinski definition) is 3. The predicted octanol–water partition coefficient (Wildman–Crippen LogP) is 1.53. The van der Waals surface area contributed by atoms with E-state index in [4.69, 9.17) is 10.8 Å². The third-order valence-electron chi connectivity index (χ3n) is 2.79. The van der Waals surface area contributed by atoms with Crippen molar-refractivity contribution in [3.8, 4) is 11.1 Å². The SMILES string of the molecule is NC(=O)c1[nH]cc(C(=O)O)c1-c1ccc([N+](=O)[O-])c(F)c1. The third kappa shape index (κ3) is 2.43. The molecule has 108 valence electrons. The molecule has 4 N–H and O–H groups in total. The highest BCUT2D eigenvalue weighted by Gasteiger charge is 2.23. The summed E-state index contributed by atoms with van der Waals surface area (Å²) in [6.07, 6.45) is 1.04. The average molecular weight is 293 g/mol. The molecule has 0 atom stereocenters. The maximum atomic E-state index is 13.6. The van der Waals surface area contributed by atoms with Gasteiger partial charge in [0, 0.05) is 17.8 Å². The fourth-order valence-corrected chi connectivity index (χ4v) is 1.90. The first-order chi connectivity index (χ1) is 9.82. The monoisotopic (exact) mass is 293 g/mol. The van der Waals surface area contributed by atoms with E-state index in [-0.39, 0.29) is 22.4 Å². The van der Waals surface area contributed by atoms with Crippen LogP contribution < -0.4 is 5.73 Å². The summed E-state index contributed by atoms with van der Waals surface area (Å²) in [4.78, 5) is 34.5. The van der Waals surface area contributed by atoms with Gasteiger partial charge in [0.25, 0.3) is 5.91 Å². The fourth-order valence-electron chi connectivity index (χ4n) is 1.90. The number of H-pyrrole nitrogens is 1. The maximum absolute atomic E-state index is 13.6. The summed E-state index contributed by atoms with van der Waals surface area (Å²) >= 11 is 0. The molecule has 0 saturated carbocycles.